The van der Waals surface area contributed by atoms with Gasteiger partial charge in [0.2, 0.25) is 0 Å². The maximum atomic E-state index is 11.5. The second kappa shape index (κ2) is 6.17. The van der Waals surface area contributed by atoms with Gasteiger partial charge in [-0.05, 0) is 37.6 Å². The van der Waals surface area contributed by atoms with Crippen LogP contribution in [-0.4, -0.2) is 18.4 Å². The van der Waals surface area contributed by atoms with Gasteiger partial charge in [-0.15, -0.1) is 11.6 Å². The highest BCUT2D eigenvalue weighted by atomic mass is 79.9. The number of Topliss-reactive ketones (excluding diaryl/α,β-unsaturated/α-hetero) is 1. The molecule has 1 aromatic carbocycles. The average Bonchev–Trinajstić information content (AvgIpc) is 2.28. The van der Waals surface area contributed by atoms with E-state index in [9.17, 15) is 9.59 Å². The Morgan fingerprint density at radius 2 is 2.12 bits per heavy atom. The number of alkyl halides is 1. The van der Waals surface area contributed by atoms with Crippen molar-refractivity contribution in [2.24, 2.45) is 0 Å². The van der Waals surface area contributed by atoms with E-state index in [1.165, 1.54) is 6.92 Å². The number of benzene rings is 1. The van der Waals surface area contributed by atoms with Crippen LogP contribution >= 0.6 is 27.5 Å². The van der Waals surface area contributed by atoms with Gasteiger partial charge in [0.25, 0.3) is 0 Å². The predicted molar refractivity (Wildman–Crippen MR) is 69.4 cm³/mol. The zero-order valence-corrected chi connectivity index (χ0v) is 11.8. The van der Waals surface area contributed by atoms with Gasteiger partial charge in [0, 0.05) is 4.47 Å². The number of ketones is 1. The molecule has 0 radical (unpaired) electrons. The molecule has 0 aromatic heterocycles. The molecule has 92 valence electrons. The Morgan fingerprint density at radius 1 is 1.47 bits per heavy atom. The summed E-state index contributed by atoms with van der Waals surface area (Å²) in [7, 11) is 0. The molecule has 3 nitrogen and oxygen atoms in total. The summed E-state index contributed by atoms with van der Waals surface area (Å²) in [6.07, 6.45) is 0. The lowest BCUT2D eigenvalue weighted by Gasteiger charge is -2.10. The van der Waals surface area contributed by atoms with E-state index in [1.807, 2.05) is 0 Å². The average molecular weight is 320 g/mol. The third-order valence-electron chi connectivity index (χ3n) is 2.14. The van der Waals surface area contributed by atoms with Crippen LogP contribution in [0.5, 0.6) is 0 Å². The molecule has 1 atom stereocenters. The van der Waals surface area contributed by atoms with E-state index < -0.39 is 11.3 Å². The van der Waals surface area contributed by atoms with Crippen LogP contribution in [0.3, 0.4) is 0 Å². The zero-order chi connectivity index (χ0) is 13.0. The molecule has 0 aliphatic heterocycles. The molecule has 0 saturated carbocycles. The fourth-order valence-electron chi connectivity index (χ4n) is 1.30. The Labute approximate surface area is 113 Å². The molecule has 0 amide bonds. The molecule has 1 rings (SSSR count). The maximum Gasteiger partial charge on any atom is 0.338 e. The molecule has 0 bridgehead atoms. The van der Waals surface area contributed by atoms with Crippen molar-refractivity contribution in [3.63, 3.8) is 0 Å². The van der Waals surface area contributed by atoms with Gasteiger partial charge in [0.15, 0.2) is 5.78 Å². The van der Waals surface area contributed by atoms with Crippen molar-refractivity contribution in [2.45, 2.75) is 19.2 Å². The highest BCUT2D eigenvalue weighted by Crippen LogP contribution is 2.30. The maximum absolute atomic E-state index is 11.5. The summed E-state index contributed by atoms with van der Waals surface area (Å²) in [5.41, 5.74) is 0.960. The summed E-state index contributed by atoms with van der Waals surface area (Å²) < 4.78 is 5.58. The minimum absolute atomic E-state index is 0.173. The van der Waals surface area contributed by atoms with Gasteiger partial charge in [0.1, 0.15) is 5.38 Å². The fourth-order valence-corrected chi connectivity index (χ4v) is 2.09. The highest BCUT2D eigenvalue weighted by molar-refractivity contribution is 9.10. The number of carbonyl (C=O) groups is 2. The first-order chi connectivity index (χ1) is 7.97. The first-order valence-corrected chi connectivity index (χ1v) is 6.31. The number of hydrogen-bond donors (Lipinski definition) is 0. The van der Waals surface area contributed by atoms with Crippen LogP contribution in [0.15, 0.2) is 22.7 Å². The molecule has 17 heavy (non-hydrogen) atoms. The van der Waals surface area contributed by atoms with Crippen LogP contribution in [0.1, 0.15) is 35.1 Å². The number of halogens is 2. The molecule has 0 heterocycles. The van der Waals surface area contributed by atoms with E-state index in [-0.39, 0.29) is 5.78 Å². The topological polar surface area (TPSA) is 43.4 Å². The van der Waals surface area contributed by atoms with Gasteiger partial charge in [-0.1, -0.05) is 15.9 Å². The quantitative estimate of drug-likeness (QED) is 0.630. The van der Waals surface area contributed by atoms with Crippen LogP contribution < -0.4 is 0 Å². The van der Waals surface area contributed by atoms with Crippen molar-refractivity contribution in [2.75, 3.05) is 6.61 Å². The Balaban J connectivity index is 3.10. The molecule has 5 heteroatoms. The second-order valence-corrected chi connectivity index (χ2v) is 4.72. The zero-order valence-electron chi connectivity index (χ0n) is 9.50. The molecule has 0 aliphatic carbocycles. The lowest BCUT2D eigenvalue weighted by molar-refractivity contribution is -0.116. The van der Waals surface area contributed by atoms with Crippen molar-refractivity contribution in [3.8, 4) is 0 Å². The fraction of sp³-hybridized carbons (Fsp3) is 0.333. The standard InChI is InChI=1S/C12H12BrClO3/c1-3-17-12(16)8-4-5-10(13)9(6-8)11(14)7(2)15/h4-6,11H,3H2,1-2H3. The van der Waals surface area contributed by atoms with Gasteiger partial charge < -0.3 is 4.74 Å². The number of esters is 1. The van der Waals surface area contributed by atoms with Crippen LogP contribution in [-0.2, 0) is 9.53 Å². The number of hydrogen-bond acceptors (Lipinski definition) is 3. The predicted octanol–water partition coefficient (Wildman–Crippen LogP) is 3.49. The van der Waals surface area contributed by atoms with Crippen molar-refractivity contribution in [3.05, 3.63) is 33.8 Å². The van der Waals surface area contributed by atoms with Gasteiger partial charge in [-0.3, -0.25) is 4.79 Å². The SMILES string of the molecule is CCOC(=O)c1ccc(Br)c(C(Cl)C(C)=O)c1. The van der Waals surface area contributed by atoms with E-state index in [1.54, 1.807) is 25.1 Å². The van der Waals surface area contributed by atoms with Crippen molar-refractivity contribution < 1.29 is 14.3 Å². The van der Waals surface area contributed by atoms with E-state index in [0.29, 0.717) is 22.2 Å². The molecule has 0 saturated heterocycles. The lowest BCUT2D eigenvalue weighted by Crippen LogP contribution is -2.08. The third-order valence-corrected chi connectivity index (χ3v) is 3.40. The van der Waals surface area contributed by atoms with E-state index in [4.69, 9.17) is 16.3 Å². The Kier molecular flexibility index (Phi) is 5.15. The Bertz CT molecular complexity index is 445. The molecule has 1 aromatic rings. The smallest absolute Gasteiger partial charge is 0.338 e. The summed E-state index contributed by atoms with van der Waals surface area (Å²) in [6.45, 7) is 3.44. The van der Waals surface area contributed by atoms with Gasteiger partial charge in [0.05, 0.1) is 12.2 Å². The molecule has 0 N–H and O–H groups in total. The van der Waals surface area contributed by atoms with Crippen LogP contribution in [0.2, 0.25) is 0 Å². The molecule has 0 fully saturated rings. The molecule has 0 spiro atoms. The second-order valence-electron chi connectivity index (χ2n) is 3.43. The van der Waals surface area contributed by atoms with Gasteiger partial charge in [-0.25, -0.2) is 4.79 Å². The minimum Gasteiger partial charge on any atom is -0.462 e. The monoisotopic (exact) mass is 318 g/mol. The van der Waals surface area contributed by atoms with E-state index in [0.717, 1.165) is 0 Å². The molecule has 1 unspecified atom stereocenters. The van der Waals surface area contributed by atoms with E-state index in [2.05, 4.69) is 15.9 Å². The number of rotatable bonds is 4. The van der Waals surface area contributed by atoms with Crippen molar-refractivity contribution in [1.82, 2.24) is 0 Å². The summed E-state index contributed by atoms with van der Waals surface area (Å²) in [6, 6.07) is 4.87. The van der Waals surface area contributed by atoms with E-state index >= 15 is 0 Å². The number of ether oxygens (including phenoxy) is 1. The third kappa shape index (κ3) is 3.54. The highest BCUT2D eigenvalue weighted by Gasteiger charge is 2.18. The minimum atomic E-state index is -0.765. The summed E-state index contributed by atoms with van der Waals surface area (Å²) in [5.74, 6) is -0.595. The van der Waals surface area contributed by atoms with Gasteiger partial charge in [-0.2, -0.15) is 0 Å². The first-order valence-electron chi connectivity index (χ1n) is 5.08. The van der Waals surface area contributed by atoms with Crippen LogP contribution in [0, 0.1) is 0 Å². The first kappa shape index (κ1) is 14.2. The van der Waals surface area contributed by atoms with Gasteiger partial charge >= 0.3 is 5.97 Å². The molecule has 0 aliphatic rings. The van der Waals surface area contributed by atoms with Crippen molar-refractivity contribution in [1.29, 1.82) is 0 Å². The van der Waals surface area contributed by atoms with Crippen LogP contribution in [0.4, 0.5) is 0 Å². The molecular weight excluding hydrogens is 307 g/mol. The Morgan fingerprint density at radius 3 is 2.65 bits per heavy atom. The summed E-state index contributed by atoms with van der Waals surface area (Å²) in [4.78, 5) is 22.8. The molecular formula is C12H12BrClO3. The number of carbonyl (C=O) groups excluding carboxylic acids is 2. The lowest BCUT2D eigenvalue weighted by atomic mass is 10.1. The Hall–Kier alpha value is -0.870. The van der Waals surface area contributed by atoms with Crippen LogP contribution in [0.25, 0.3) is 0 Å². The van der Waals surface area contributed by atoms with Crippen molar-refractivity contribution >= 4 is 39.3 Å². The normalized spacial score (nSPS) is 12.0. The summed E-state index contributed by atoms with van der Waals surface area (Å²) in [5, 5.41) is -0.765. The largest absolute Gasteiger partial charge is 0.462 e. The summed E-state index contributed by atoms with van der Waals surface area (Å²) >= 11 is 9.27.